The third-order valence-corrected chi connectivity index (χ3v) is 4.36. The average Bonchev–Trinajstić information content (AvgIpc) is 2.78. The fraction of sp³-hybridized carbons (Fsp3) is 0.174. The summed E-state index contributed by atoms with van der Waals surface area (Å²) >= 11 is 0. The number of hydrogen-bond donors (Lipinski definition) is 2. The molecule has 2 amide bonds. The van der Waals surface area contributed by atoms with E-state index in [1.165, 1.54) is 18.2 Å². The van der Waals surface area contributed by atoms with Gasteiger partial charge in [0.05, 0.1) is 11.9 Å². The van der Waals surface area contributed by atoms with Crippen LogP contribution in [0, 0.1) is 6.92 Å². The minimum atomic E-state index is -2.73. The number of ether oxygens (including phenoxy) is 2. The molecule has 0 saturated carbocycles. The fourth-order valence-electron chi connectivity index (χ4n) is 2.75. The highest BCUT2D eigenvalue weighted by Gasteiger charge is 2.15. The lowest BCUT2D eigenvalue weighted by Crippen LogP contribution is -2.16. The zero-order valence-electron chi connectivity index (χ0n) is 17.2. The molecule has 0 aliphatic carbocycles. The Hall–Kier alpha value is -4.01. The van der Waals surface area contributed by atoms with Gasteiger partial charge in [0, 0.05) is 16.8 Å². The largest absolute Gasteiger partial charge is 0.487 e. The van der Waals surface area contributed by atoms with Crippen molar-refractivity contribution in [2.75, 3.05) is 11.9 Å². The van der Waals surface area contributed by atoms with Crippen molar-refractivity contribution in [3.63, 3.8) is 0 Å². The molecular weight excluding hydrogens is 420 g/mol. The van der Waals surface area contributed by atoms with Crippen molar-refractivity contribution >= 4 is 17.5 Å². The van der Waals surface area contributed by atoms with Gasteiger partial charge in [0.2, 0.25) is 5.91 Å². The fourth-order valence-corrected chi connectivity index (χ4v) is 2.75. The number of benzene rings is 2. The van der Waals surface area contributed by atoms with Gasteiger partial charge in [-0.2, -0.15) is 0 Å². The Morgan fingerprint density at radius 2 is 1.88 bits per heavy atom. The summed E-state index contributed by atoms with van der Waals surface area (Å²) in [6, 6.07) is 14.3. The van der Waals surface area contributed by atoms with E-state index in [4.69, 9.17) is 15.2 Å². The van der Waals surface area contributed by atoms with Crippen LogP contribution >= 0.6 is 0 Å². The van der Waals surface area contributed by atoms with Crippen LogP contribution < -0.4 is 20.5 Å². The van der Waals surface area contributed by atoms with E-state index in [-0.39, 0.29) is 23.6 Å². The van der Waals surface area contributed by atoms with Gasteiger partial charge in [-0.25, -0.2) is 8.78 Å². The maximum atomic E-state index is 12.7. The Labute approximate surface area is 183 Å². The van der Waals surface area contributed by atoms with Gasteiger partial charge in [-0.15, -0.1) is 0 Å². The van der Waals surface area contributed by atoms with Crippen molar-refractivity contribution < 1.29 is 27.8 Å². The predicted molar refractivity (Wildman–Crippen MR) is 114 cm³/mol. The van der Waals surface area contributed by atoms with E-state index in [1.807, 2.05) is 13.0 Å². The quantitative estimate of drug-likeness (QED) is 0.523. The number of rotatable bonds is 9. The SMILES string of the molecule is Cc1ccc(OCc2cccc(C(=O)Nc3ccc(C(N)=O)cc3OCC(F)F)c2)cn1. The van der Waals surface area contributed by atoms with Crippen LogP contribution in [-0.4, -0.2) is 29.8 Å². The molecule has 166 valence electrons. The highest BCUT2D eigenvalue weighted by Crippen LogP contribution is 2.27. The highest BCUT2D eigenvalue weighted by atomic mass is 19.3. The summed E-state index contributed by atoms with van der Waals surface area (Å²) in [4.78, 5) is 28.3. The Kier molecular flexibility index (Phi) is 7.33. The van der Waals surface area contributed by atoms with E-state index in [0.29, 0.717) is 11.3 Å². The summed E-state index contributed by atoms with van der Waals surface area (Å²) in [7, 11) is 0. The standard InChI is InChI=1S/C23H21F2N3O4/c1-14-5-7-18(11-27-14)31-12-15-3-2-4-17(9-15)23(30)28-19-8-6-16(22(26)29)10-20(19)32-13-21(24)25/h2-11,21H,12-13H2,1H3,(H2,26,29)(H,28,30). The van der Waals surface area contributed by atoms with Crippen molar-refractivity contribution in [3.8, 4) is 11.5 Å². The van der Waals surface area contributed by atoms with Crippen LogP contribution in [-0.2, 0) is 6.61 Å². The lowest BCUT2D eigenvalue weighted by Gasteiger charge is -2.14. The summed E-state index contributed by atoms with van der Waals surface area (Å²) in [6.45, 7) is 1.20. The third kappa shape index (κ3) is 6.24. The first-order valence-corrected chi connectivity index (χ1v) is 9.62. The third-order valence-electron chi connectivity index (χ3n) is 4.36. The molecule has 3 rings (SSSR count). The number of primary amides is 1. The van der Waals surface area contributed by atoms with Gasteiger partial charge >= 0.3 is 0 Å². The molecule has 1 heterocycles. The molecule has 0 bridgehead atoms. The van der Waals surface area contributed by atoms with Gasteiger partial charge in [-0.3, -0.25) is 14.6 Å². The van der Waals surface area contributed by atoms with Gasteiger partial charge in [-0.1, -0.05) is 12.1 Å². The summed E-state index contributed by atoms with van der Waals surface area (Å²) in [6.07, 6.45) is -1.11. The van der Waals surface area contributed by atoms with Gasteiger partial charge in [-0.05, 0) is 55.0 Å². The summed E-state index contributed by atoms with van der Waals surface area (Å²) < 4.78 is 35.9. The number of halogens is 2. The van der Waals surface area contributed by atoms with Gasteiger partial charge < -0.3 is 20.5 Å². The summed E-state index contributed by atoms with van der Waals surface area (Å²) in [5.74, 6) is -0.721. The number of carbonyl (C=O) groups is 2. The molecule has 9 heteroatoms. The van der Waals surface area contributed by atoms with Crippen LogP contribution in [0.5, 0.6) is 11.5 Å². The van der Waals surface area contributed by atoms with Gasteiger partial charge in [0.25, 0.3) is 12.3 Å². The zero-order valence-corrected chi connectivity index (χ0v) is 17.2. The molecule has 32 heavy (non-hydrogen) atoms. The van der Waals surface area contributed by atoms with Crippen LogP contribution in [0.1, 0.15) is 32.0 Å². The molecule has 2 aromatic carbocycles. The van der Waals surface area contributed by atoms with Crippen LogP contribution in [0.2, 0.25) is 0 Å². The molecule has 1 aromatic heterocycles. The molecule has 0 aliphatic rings. The van der Waals surface area contributed by atoms with Crippen molar-refractivity contribution in [3.05, 3.63) is 83.2 Å². The van der Waals surface area contributed by atoms with Crippen molar-refractivity contribution in [2.45, 2.75) is 20.0 Å². The summed E-state index contributed by atoms with van der Waals surface area (Å²) in [5.41, 5.74) is 7.37. The number of alkyl halides is 2. The average molecular weight is 441 g/mol. The minimum absolute atomic E-state index is 0.0667. The first kappa shape index (κ1) is 22.7. The van der Waals surface area contributed by atoms with E-state index < -0.39 is 24.8 Å². The second kappa shape index (κ2) is 10.3. The zero-order chi connectivity index (χ0) is 23.1. The number of carbonyl (C=O) groups excluding carboxylic acids is 2. The van der Waals surface area contributed by atoms with Crippen LogP contribution in [0.25, 0.3) is 0 Å². The number of nitrogens with one attached hydrogen (secondary N) is 1. The van der Waals surface area contributed by atoms with E-state index in [0.717, 1.165) is 11.3 Å². The van der Waals surface area contributed by atoms with Gasteiger partial charge in [0.1, 0.15) is 24.7 Å². The first-order chi connectivity index (χ1) is 15.3. The topological polar surface area (TPSA) is 104 Å². The minimum Gasteiger partial charge on any atom is -0.487 e. The number of aryl methyl sites for hydroxylation is 1. The molecule has 0 saturated heterocycles. The predicted octanol–water partition coefficient (Wildman–Crippen LogP) is 3.96. The maximum Gasteiger partial charge on any atom is 0.272 e. The monoisotopic (exact) mass is 441 g/mol. The Balaban J connectivity index is 1.73. The molecule has 0 unspecified atom stereocenters. The van der Waals surface area contributed by atoms with Crippen LogP contribution in [0.4, 0.5) is 14.5 Å². The Morgan fingerprint density at radius 1 is 1.06 bits per heavy atom. The highest BCUT2D eigenvalue weighted by molar-refractivity contribution is 6.05. The molecule has 3 N–H and O–H groups in total. The smallest absolute Gasteiger partial charge is 0.272 e. The maximum absolute atomic E-state index is 12.7. The number of nitrogens with two attached hydrogens (primary N) is 1. The molecule has 0 atom stereocenters. The molecule has 0 aliphatic heterocycles. The van der Waals surface area contributed by atoms with Gasteiger partial charge in [0.15, 0.2) is 0 Å². The number of anilines is 1. The van der Waals surface area contributed by atoms with Crippen LogP contribution in [0.15, 0.2) is 60.8 Å². The second-order valence-corrected chi connectivity index (χ2v) is 6.86. The van der Waals surface area contributed by atoms with Crippen molar-refractivity contribution in [1.82, 2.24) is 4.98 Å². The first-order valence-electron chi connectivity index (χ1n) is 9.62. The molecule has 0 fully saturated rings. The second-order valence-electron chi connectivity index (χ2n) is 6.86. The number of nitrogens with zero attached hydrogens (tertiary/aromatic N) is 1. The number of amides is 2. The normalized spacial score (nSPS) is 10.6. The van der Waals surface area contributed by atoms with Crippen LogP contribution in [0.3, 0.4) is 0 Å². The van der Waals surface area contributed by atoms with E-state index in [1.54, 1.807) is 36.5 Å². The molecule has 0 radical (unpaired) electrons. The molecule has 7 nitrogen and oxygen atoms in total. The van der Waals surface area contributed by atoms with Crippen molar-refractivity contribution in [1.29, 1.82) is 0 Å². The van der Waals surface area contributed by atoms with E-state index in [9.17, 15) is 18.4 Å². The molecular formula is C23H21F2N3O4. The Bertz CT molecular complexity index is 1100. The van der Waals surface area contributed by atoms with E-state index >= 15 is 0 Å². The molecule has 3 aromatic rings. The lowest BCUT2D eigenvalue weighted by atomic mass is 10.1. The molecule has 0 spiro atoms. The van der Waals surface area contributed by atoms with E-state index in [2.05, 4.69) is 10.3 Å². The number of aromatic nitrogens is 1. The lowest BCUT2D eigenvalue weighted by molar-refractivity contribution is 0.0821. The number of hydrogen-bond acceptors (Lipinski definition) is 5. The van der Waals surface area contributed by atoms with Crippen molar-refractivity contribution in [2.24, 2.45) is 5.73 Å². The number of pyridine rings is 1. The Morgan fingerprint density at radius 3 is 2.56 bits per heavy atom. The summed E-state index contributed by atoms with van der Waals surface area (Å²) in [5, 5.41) is 2.61.